The number of nitrogens with zero attached hydrogens (tertiary/aromatic N) is 1. The lowest BCUT2D eigenvalue weighted by Crippen LogP contribution is -2.23. The number of nitrogens with one attached hydrogen (secondary N) is 1. The third-order valence-corrected chi connectivity index (χ3v) is 3.83. The van der Waals surface area contributed by atoms with Crippen molar-refractivity contribution < 1.29 is 14.3 Å². The molecule has 26 heavy (non-hydrogen) atoms. The largest absolute Gasteiger partial charge is 0.494 e. The van der Waals surface area contributed by atoms with Crippen LogP contribution in [0, 0.1) is 12.3 Å². The van der Waals surface area contributed by atoms with E-state index < -0.39 is 11.5 Å². The topological polar surface area (TPSA) is 81.3 Å². The molecule has 0 saturated heterocycles. The molecule has 1 aromatic carbocycles. The zero-order valence-corrected chi connectivity index (χ0v) is 16.0. The molecule has 0 atom stereocenters. The molecule has 0 unspecified atom stereocenters. The Balaban J connectivity index is 2.16. The number of rotatable bonds is 6. The molecule has 0 amide bonds. The Bertz CT molecular complexity index is 817. The number of hydrogen-bond acceptors (Lipinski definition) is 5. The van der Waals surface area contributed by atoms with Crippen LogP contribution in [0.3, 0.4) is 0 Å². The summed E-state index contributed by atoms with van der Waals surface area (Å²) >= 11 is 0. The van der Waals surface area contributed by atoms with Gasteiger partial charge in [0.2, 0.25) is 0 Å². The minimum atomic E-state index is -0.659. The monoisotopic (exact) mass is 358 g/mol. The molecule has 0 fully saturated rings. The lowest BCUT2D eigenvalue weighted by molar-refractivity contribution is 0.0523. The molecular weight excluding hydrogens is 332 g/mol. The van der Waals surface area contributed by atoms with Crippen molar-refractivity contribution in [2.45, 2.75) is 41.0 Å². The summed E-state index contributed by atoms with van der Waals surface area (Å²) in [5.74, 6) is 0.509. The number of esters is 1. The van der Waals surface area contributed by atoms with Gasteiger partial charge in [-0.3, -0.25) is 4.79 Å². The van der Waals surface area contributed by atoms with E-state index in [1.165, 1.54) is 0 Å². The smallest absolute Gasteiger partial charge is 0.345 e. The number of carbonyl (C=O) groups is 1. The Morgan fingerprint density at radius 2 is 1.85 bits per heavy atom. The number of aromatic nitrogens is 2. The van der Waals surface area contributed by atoms with Gasteiger partial charge in [0.05, 0.1) is 18.9 Å². The van der Waals surface area contributed by atoms with Crippen LogP contribution >= 0.6 is 0 Å². The fraction of sp³-hybridized carbons (Fsp3) is 0.450. The molecule has 0 aliphatic carbocycles. The van der Waals surface area contributed by atoms with Crippen molar-refractivity contribution in [1.82, 2.24) is 9.97 Å². The summed E-state index contributed by atoms with van der Waals surface area (Å²) in [6.45, 7) is 10.7. The molecule has 0 saturated carbocycles. The number of carbonyl (C=O) groups excluding carboxylic acids is 1. The molecule has 0 radical (unpaired) electrons. The molecule has 0 bridgehead atoms. The van der Waals surface area contributed by atoms with E-state index in [4.69, 9.17) is 9.47 Å². The Kier molecular flexibility index (Phi) is 6.18. The lowest BCUT2D eigenvalue weighted by atomic mass is 9.93. The highest BCUT2D eigenvalue weighted by molar-refractivity contribution is 5.90. The highest BCUT2D eigenvalue weighted by Crippen LogP contribution is 2.22. The normalized spacial score (nSPS) is 11.3. The van der Waals surface area contributed by atoms with Gasteiger partial charge in [-0.05, 0) is 49.9 Å². The van der Waals surface area contributed by atoms with Gasteiger partial charge in [0.15, 0.2) is 0 Å². The first-order chi connectivity index (χ1) is 12.2. The number of benzene rings is 1. The van der Waals surface area contributed by atoms with Crippen LogP contribution < -0.4 is 10.3 Å². The van der Waals surface area contributed by atoms with E-state index in [9.17, 15) is 9.59 Å². The van der Waals surface area contributed by atoms with Gasteiger partial charge in [0.1, 0.15) is 17.1 Å². The van der Waals surface area contributed by atoms with Crippen LogP contribution in [-0.4, -0.2) is 29.2 Å². The van der Waals surface area contributed by atoms with Gasteiger partial charge >= 0.3 is 5.97 Å². The summed E-state index contributed by atoms with van der Waals surface area (Å²) in [6.07, 6.45) is 0.956. The van der Waals surface area contributed by atoms with Gasteiger partial charge in [-0.2, -0.15) is 0 Å². The first-order valence-corrected chi connectivity index (χ1v) is 8.72. The van der Waals surface area contributed by atoms with Crippen LogP contribution in [0.2, 0.25) is 0 Å². The average molecular weight is 358 g/mol. The third kappa shape index (κ3) is 5.18. The predicted molar refractivity (Wildman–Crippen MR) is 101 cm³/mol. The maximum absolute atomic E-state index is 12.2. The van der Waals surface area contributed by atoms with Crippen LogP contribution in [-0.2, 0) is 4.74 Å². The van der Waals surface area contributed by atoms with Crippen molar-refractivity contribution in [3.8, 4) is 17.1 Å². The number of hydrogen-bond donors (Lipinski definition) is 1. The SMILES string of the molecule is CCOC(=O)c1c(C)nc(-c2ccc(OCCC(C)(C)C)cc2)[nH]c1=O. The van der Waals surface area contributed by atoms with Crippen LogP contribution in [0.1, 0.15) is 50.2 Å². The van der Waals surface area contributed by atoms with Crippen molar-refractivity contribution >= 4 is 5.97 Å². The van der Waals surface area contributed by atoms with E-state index in [-0.39, 0.29) is 17.6 Å². The second-order valence-corrected chi connectivity index (χ2v) is 7.28. The Morgan fingerprint density at radius 1 is 1.19 bits per heavy atom. The van der Waals surface area contributed by atoms with Crippen molar-refractivity contribution in [1.29, 1.82) is 0 Å². The molecule has 2 aromatic rings. The fourth-order valence-corrected chi connectivity index (χ4v) is 2.35. The molecule has 1 N–H and O–H groups in total. The lowest BCUT2D eigenvalue weighted by Gasteiger charge is -2.18. The molecule has 0 aliphatic rings. The molecule has 140 valence electrons. The van der Waals surface area contributed by atoms with E-state index in [0.717, 1.165) is 17.7 Å². The van der Waals surface area contributed by atoms with Crippen molar-refractivity contribution in [3.63, 3.8) is 0 Å². The van der Waals surface area contributed by atoms with Crippen LogP contribution in [0.4, 0.5) is 0 Å². The third-order valence-electron chi connectivity index (χ3n) is 3.83. The maximum Gasteiger partial charge on any atom is 0.345 e. The molecule has 6 heteroatoms. The van der Waals surface area contributed by atoms with Crippen molar-refractivity contribution in [2.24, 2.45) is 5.41 Å². The quantitative estimate of drug-likeness (QED) is 0.796. The van der Waals surface area contributed by atoms with E-state index in [2.05, 4.69) is 30.7 Å². The van der Waals surface area contributed by atoms with Crippen LogP contribution in [0.25, 0.3) is 11.4 Å². The molecule has 0 aliphatic heterocycles. The number of aryl methyl sites for hydroxylation is 1. The second-order valence-electron chi connectivity index (χ2n) is 7.28. The predicted octanol–water partition coefficient (Wildman–Crippen LogP) is 3.74. The van der Waals surface area contributed by atoms with Crippen molar-refractivity contribution in [3.05, 3.63) is 45.9 Å². The second kappa shape index (κ2) is 8.17. The summed E-state index contributed by atoms with van der Waals surface area (Å²) < 4.78 is 10.6. The van der Waals surface area contributed by atoms with E-state index in [1.807, 2.05) is 24.3 Å². The molecular formula is C20H26N2O4. The summed E-state index contributed by atoms with van der Waals surface area (Å²) in [5, 5.41) is 0. The highest BCUT2D eigenvalue weighted by atomic mass is 16.5. The summed E-state index contributed by atoms with van der Waals surface area (Å²) in [4.78, 5) is 31.1. The van der Waals surface area contributed by atoms with Crippen LogP contribution in [0.15, 0.2) is 29.1 Å². The fourth-order valence-electron chi connectivity index (χ4n) is 2.35. The molecule has 0 spiro atoms. The Morgan fingerprint density at radius 3 is 2.38 bits per heavy atom. The zero-order chi connectivity index (χ0) is 19.3. The molecule has 6 nitrogen and oxygen atoms in total. The first-order valence-electron chi connectivity index (χ1n) is 8.72. The van der Waals surface area contributed by atoms with Gasteiger partial charge < -0.3 is 14.5 Å². The first kappa shape index (κ1) is 19.7. The Labute approximate surface area is 153 Å². The van der Waals surface area contributed by atoms with Crippen molar-refractivity contribution in [2.75, 3.05) is 13.2 Å². The minimum Gasteiger partial charge on any atom is -0.494 e. The van der Waals surface area contributed by atoms with Gasteiger partial charge in [-0.15, -0.1) is 0 Å². The maximum atomic E-state index is 12.2. The summed E-state index contributed by atoms with van der Waals surface area (Å²) in [6, 6.07) is 7.33. The Hall–Kier alpha value is -2.63. The van der Waals surface area contributed by atoms with Gasteiger partial charge in [0, 0.05) is 5.56 Å². The van der Waals surface area contributed by atoms with E-state index in [0.29, 0.717) is 18.1 Å². The molecule has 1 aromatic heterocycles. The number of H-pyrrole nitrogens is 1. The van der Waals surface area contributed by atoms with Gasteiger partial charge in [0.25, 0.3) is 5.56 Å². The number of aromatic amines is 1. The van der Waals surface area contributed by atoms with Gasteiger partial charge in [-0.25, -0.2) is 9.78 Å². The average Bonchev–Trinajstić information content (AvgIpc) is 2.54. The summed E-state index contributed by atoms with van der Waals surface area (Å²) in [5.41, 5.74) is 0.743. The van der Waals surface area contributed by atoms with E-state index in [1.54, 1.807) is 13.8 Å². The molecule has 2 rings (SSSR count). The highest BCUT2D eigenvalue weighted by Gasteiger charge is 2.18. The zero-order valence-electron chi connectivity index (χ0n) is 16.0. The minimum absolute atomic E-state index is 0.0577. The number of ether oxygens (including phenoxy) is 2. The molecule has 1 heterocycles. The van der Waals surface area contributed by atoms with Gasteiger partial charge in [-0.1, -0.05) is 20.8 Å². The summed E-state index contributed by atoms with van der Waals surface area (Å²) in [7, 11) is 0. The van der Waals surface area contributed by atoms with Crippen LogP contribution in [0.5, 0.6) is 5.75 Å². The van der Waals surface area contributed by atoms with E-state index >= 15 is 0 Å². The standard InChI is InChI=1S/C20H26N2O4/c1-6-25-19(24)16-13(2)21-17(22-18(16)23)14-7-9-15(10-8-14)26-12-11-20(3,4)5/h7-10H,6,11-12H2,1-5H3,(H,21,22,23).